The lowest BCUT2D eigenvalue weighted by molar-refractivity contribution is 0.123. The van der Waals surface area contributed by atoms with Gasteiger partial charge in [0.05, 0.1) is 5.69 Å². The van der Waals surface area contributed by atoms with Crippen molar-refractivity contribution in [2.24, 2.45) is 5.73 Å². The van der Waals surface area contributed by atoms with E-state index in [2.05, 4.69) is 4.98 Å². The molecule has 1 fully saturated rings. The van der Waals surface area contributed by atoms with Crippen molar-refractivity contribution in [3.8, 4) is 0 Å². The van der Waals surface area contributed by atoms with Gasteiger partial charge in [-0.25, -0.2) is 4.98 Å². The predicted octanol–water partition coefficient (Wildman–Crippen LogP) is 0.898. The summed E-state index contributed by atoms with van der Waals surface area (Å²) in [4.78, 5) is 4.05. The minimum atomic E-state index is -0.652. The molecule has 72 valence electrons. The molecule has 1 aromatic heterocycles. The molecule has 1 atom stereocenters. The smallest absolute Gasteiger partial charge is 0.223 e. The van der Waals surface area contributed by atoms with E-state index in [-0.39, 0.29) is 5.54 Å². The average Bonchev–Trinajstić information content (AvgIpc) is 2.62. The molecule has 0 amide bonds. The van der Waals surface area contributed by atoms with Crippen molar-refractivity contribution < 1.29 is 9.52 Å². The van der Waals surface area contributed by atoms with E-state index in [1.165, 1.54) is 6.26 Å². The Balaban J connectivity index is 2.00. The van der Waals surface area contributed by atoms with Crippen LogP contribution in [-0.4, -0.2) is 15.6 Å². The van der Waals surface area contributed by atoms with Crippen LogP contribution in [-0.2, 0) is 0 Å². The summed E-state index contributed by atoms with van der Waals surface area (Å²) in [5, 5.41) is 9.67. The molecule has 4 nitrogen and oxygen atoms in total. The first-order valence-electron chi connectivity index (χ1n) is 4.48. The maximum Gasteiger partial charge on any atom is 0.223 e. The quantitative estimate of drug-likeness (QED) is 0.728. The molecule has 0 spiro atoms. The van der Waals surface area contributed by atoms with E-state index in [9.17, 15) is 5.11 Å². The highest BCUT2D eigenvalue weighted by molar-refractivity contribution is 5.04. The highest BCUT2D eigenvalue weighted by atomic mass is 16.4. The number of hydrogen-bond donors (Lipinski definition) is 2. The molecule has 0 saturated heterocycles. The van der Waals surface area contributed by atoms with Crippen LogP contribution in [0.4, 0.5) is 0 Å². The summed E-state index contributed by atoms with van der Waals surface area (Å²) < 4.78 is 5.08. The molecule has 1 aromatic rings. The minimum absolute atomic E-state index is 0.165. The van der Waals surface area contributed by atoms with Gasteiger partial charge < -0.3 is 15.3 Å². The van der Waals surface area contributed by atoms with Gasteiger partial charge in [-0.05, 0) is 19.8 Å². The normalized spacial score (nSPS) is 21.5. The first-order chi connectivity index (χ1) is 6.09. The summed E-state index contributed by atoms with van der Waals surface area (Å²) in [6, 6.07) is 0. The highest BCUT2D eigenvalue weighted by Crippen LogP contribution is 2.39. The first kappa shape index (κ1) is 8.72. The van der Waals surface area contributed by atoms with E-state index < -0.39 is 6.10 Å². The highest BCUT2D eigenvalue weighted by Gasteiger charge is 2.40. The molecular weight excluding hydrogens is 168 g/mol. The van der Waals surface area contributed by atoms with E-state index in [0.29, 0.717) is 12.3 Å². The van der Waals surface area contributed by atoms with Crippen LogP contribution in [0, 0.1) is 6.92 Å². The van der Waals surface area contributed by atoms with Gasteiger partial charge in [0.2, 0.25) is 5.89 Å². The Hall–Kier alpha value is -0.870. The van der Waals surface area contributed by atoms with Gasteiger partial charge in [-0.2, -0.15) is 0 Å². The molecule has 3 N–H and O–H groups in total. The zero-order chi connectivity index (χ0) is 9.47. The van der Waals surface area contributed by atoms with Crippen molar-refractivity contribution >= 4 is 0 Å². The molecule has 4 heteroatoms. The van der Waals surface area contributed by atoms with Crippen LogP contribution in [0.25, 0.3) is 0 Å². The summed E-state index contributed by atoms with van der Waals surface area (Å²) in [5.74, 6) is 0.384. The lowest BCUT2D eigenvalue weighted by Crippen LogP contribution is -2.24. The molecule has 1 heterocycles. The molecule has 1 saturated carbocycles. The minimum Gasteiger partial charge on any atom is -0.446 e. The van der Waals surface area contributed by atoms with Crippen molar-refractivity contribution in [1.82, 2.24) is 4.98 Å². The van der Waals surface area contributed by atoms with Crippen LogP contribution in [0.15, 0.2) is 10.7 Å². The Morgan fingerprint density at radius 3 is 2.92 bits per heavy atom. The summed E-state index contributed by atoms with van der Waals surface area (Å²) in [6.45, 7) is 1.83. The second-order valence-corrected chi connectivity index (χ2v) is 3.91. The fourth-order valence-electron chi connectivity index (χ4n) is 1.36. The standard InChI is InChI=1S/C9H14N2O2/c1-6-5-13-8(11-6)7(12)4-9(10)2-3-9/h5,7,12H,2-4,10H2,1H3. The van der Waals surface area contributed by atoms with E-state index in [1.807, 2.05) is 6.92 Å². The van der Waals surface area contributed by atoms with Gasteiger partial charge in [-0.1, -0.05) is 0 Å². The third-order valence-electron chi connectivity index (χ3n) is 2.41. The predicted molar refractivity (Wildman–Crippen MR) is 47.0 cm³/mol. The Bertz CT molecular complexity index is 304. The van der Waals surface area contributed by atoms with Gasteiger partial charge in [0.25, 0.3) is 0 Å². The number of aryl methyl sites for hydroxylation is 1. The van der Waals surface area contributed by atoms with Crippen molar-refractivity contribution in [2.45, 2.75) is 37.8 Å². The number of nitrogens with two attached hydrogens (primary N) is 1. The first-order valence-corrected chi connectivity index (χ1v) is 4.48. The molecule has 0 aromatic carbocycles. The van der Waals surface area contributed by atoms with E-state index in [1.54, 1.807) is 0 Å². The number of aliphatic hydroxyl groups is 1. The third kappa shape index (κ3) is 1.89. The lowest BCUT2D eigenvalue weighted by Gasteiger charge is -2.11. The number of hydrogen-bond acceptors (Lipinski definition) is 4. The number of nitrogens with zero attached hydrogens (tertiary/aromatic N) is 1. The fraction of sp³-hybridized carbons (Fsp3) is 0.667. The molecule has 0 bridgehead atoms. The van der Waals surface area contributed by atoms with E-state index in [0.717, 1.165) is 18.5 Å². The van der Waals surface area contributed by atoms with Crippen LogP contribution in [0.3, 0.4) is 0 Å². The maximum absolute atomic E-state index is 9.67. The van der Waals surface area contributed by atoms with Gasteiger partial charge >= 0.3 is 0 Å². The topological polar surface area (TPSA) is 72.3 Å². The maximum atomic E-state index is 9.67. The largest absolute Gasteiger partial charge is 0.446 e. The van der Waals surface area contributed by atoms with E-state index >= 15 is 0 Å². The molecule has 0 aliphatic heterocycles. The van der Waals surface area contributed by atoms with Gasteiger partial charge in [0.1, 0.15) is 12.4 Å². The van der Waals surface area contributed by atoms with Crippen molar-refractivity contribution in [3.63, 3.8) is 0 Å². The van der Waals surface area contributed by atoms with Crippen LogP contribution in [0.1, 0.15) is 37.0 Å². The van der Waals surface area contributed by atoms with Crippen LogP contribution in [0.5, 0.6) is 0 Å². The summed E-state index contributed by atoms with van der Waals surface area (Å²) in [6.07, 6.45) is 3.41. The number of aromatic nitrogens is 1. The molecular formula is C9H14N2O2. The van der Waals surface area contributed by atoms with Crippen LogP contribution >= 0.6 is 0 Å². The number of aliphatic hydroxyl groups excluding tert-OH is 1. The average molecular weight is 182 g/mol. The Kier molecular flexibility index (Phi) is 1.89. The van der Waals surface area contributed by atoms with Crippen LogP contribution in [0.2, 0.25) is 0 Å². The van der Waals surface area contributed by atoms with Crippen molar-refractivity contribution in [3.05, 3.63) is 17.8 Å². The molecule has 0 radical (unpaired) electrons. The summed E-state index contributed by atoms with van der Waals surface area (Å²) in [7, 11) is 0. The van der Waals surface area contributed by atoms with Gasteiger partial charge in [-0.3, -0.25) is 0 Å². The zero-order valence-electron chi connectivity index (χ0n) is 7.66. The van der Waals surface area contributed by atoms with Crippen LogP contribution < -0.4 is 5.73 Å². The molecule has 1 unspecified atom stereocenters. The number of rotatable bonds is 3. The second kappa shape index (κ2) is 2.82. The third-order valence-corrected chi connectivity index (χ3v) is 2.41. The molecule has 13 heavy (non-hydrogen) atoms. The monoisotopic (exact) mass is 182 g/mol. The molecule has 2 rings (SSSR count). The molecule has 1 aliphatic rings. The van der Waals surface area contributed by atoms with Crippen molar-refractivity contribution in [1.29, 1.82) is 0 Å². The van der Waals surface area contributed by atoms with Gasteiger partial charge in [0, 0.05) is 12.0 Å². The fourth-order valence-corrected chi connectivity index (χ4v) is 1.36. The Morgan fingerprint density at radius 1 is 1.77 bits per heavy atom. The summed E-state index contributed by atoms with van der Waals surface area (Å²) >= 11 is 0. The van der Waals surface area contributed by atoms with E-state index in [4.69, 9.17) is 10.2 Å². The van der Waals surface area contributed by atoms with Gasteiger partial charge in [-0.15, -0.1) is 0 Å². The SMILES string of the molecule is Cc1coc(C(O)CC2(N)CC2)n1. The van der Waals surface area contributed by atoms with Gasteiger partial charge in [0.15, 0.2) is 0 Å². The Morgan fingerprint density at radius 2 is 2.46 bits per heavy atom. The summed E-state index contributed by atoms with van der Waals surface area (Å²) in [5.41, 5.74) is 6.49. The lowest BCUT2D eigenvalue weighted by atomic mass is 10.1. The zero-order valence-corrected chi connectivity index (χ0v) is 7.66. The number of oxazole rings is 1. The Labute approximate surface area is 76.8 Å². The van der Waals surface area contributed by atoms with Crippen molar-refractivity contribution in [2.75, 3.05) is 0 Å². The molecule has 1 aliphatic carbocycles. The second-order valence-electron chi connectivity index (χ2n) is 3.91.